The molecule has 4 N–H and O–H groups in total. The first-order valence-electron chi connectivity index (χ1n) is 33.3. The van der Waals surface area contributed by atoms with E-state index in [1.54, 1.807) is 47.8 Å². The van der Waals surface area contributed by atoms with Crippen molar-refractivity contribution >= 4 is 17.3 Å². The molecule has 4 aromatic carbocycles. The number of nitrogens with one attached hydrogen (secondary N) is 1. The van der Waals surface area contributed by atoms with Crippen molar-refractivity contribution in [2.75, 3.05) is 61.7 Å². The Hall–Kier alpha value is -8.23. The number of hydrogen-bond acceptors (Lipinski definition) is 19. The molecule has 0 amide bonds. The summed E-state index contributed by atoms with van der Waals surface area (Å²) in [5.41, 5.74) is 5.44. The van der Waals surface area contributed by atoms with E-state index >= 15 is 0 Å². The molecule has 8 aliphatic carbocycles. The number of carbonyl (C=O) groups excluding carboxylic acids is 3. The number of rotatable bonds is 8. The Morgan fingerprint density at radius 2 is 0.989 bits per heavy atom. The lowest BCUT2D eigenvalue weighted by atomic mass is 9.49. The summed E-state index contributed by atoms with van der Waals surface area (Å²) in [7, 11) is 8.26. The quantitative estimate of drug-likeness (QED) is 0.147. The molecule has 19 nitrogen and oxygen atoms in total. The van der Waals surface area contributed by atoms with Crippen LogP contribution >= 0.6 is 0 Å². The van der Waals surface area contributed by atoms with Gasteiger partial charge in [-0.2, -0.15) is 0 Å². The molecule has 20 rings (SSSR count). The molecule has 16 aliphatic rings. The Morgan fingerprint density at radius 1 is 0.511 bits per heavy atom. The molecule has 0 radical (unpaired) electrons. The van der Waals surface area contributed by atoms with Crippen LogP contribution in [0.15, 0.2) is 123 Å². The third-order valence-electron chi connectivity index (χ3n) is 25.5. The fourth-order valence-electron chi connectivity index (χ4n) is 21.6. The number of nitrogens with zero attached hydrogens (tertiary/aromatic N) is 3. The van der Waals surface area contributed by atoms with Crippen molar-refractivity contribution in [2.45, 2.75) is 164 Å². The van der Waals surface area contributed by atoms with Crippen molar-refractivity contribution < 1.29 is 72.3 Å². The molecule has 8 heterocycles. The molecule has 8 aliphatic heterocycles. The van der Waals surface area contributed by atoms with Gasteiger partial charge in [0, 0.05) is 60.8 Å². The molecule has 4 saturated heterocycles. The van der Waals surface area contributed by atoms with E-state index < -0.39 is 51.4 Å². The monoisotopic (exact) mass is 1280 g/mol. The summed E-state index contributed by atoms with van der Waals surface area (Å²) >= 11 is 0. The van der Waals surface area contributed by atoms with Gasteiger partial charge in [-0.3, -0.25) is 14.4 Å². The molecule has 4 spiro atoms. The van der Waals surface area contributed by atoms with Crippen LogP contribution in [0, 0.1) is 0 Å². The molecule has 6 fully saturated rings. The van der Waals surface area contributed by atoms with E-state index in [1.165, 1.54) is 28.3 Å². The lowest BCUT2D eigenvalue weighted by Crippen LogP contribution is -2.76. The van der Waals surface area contributed by atoms with E-state index in [4.69, 9.17) is 42.6 Å². The Bertz CT molecular complexity index is 4130. The molecular formula is C75H80N4O15. The van der Waals surface area contributed by atoms with Gasteiger partial charge in [0.05, 0.1) is 86.5 Å². The molecule has 8 bridgehead atoms. The molecule has 15 atom stereocenters. The van der Waals surface area contributed by atoms with E-state index in [0.717, 1.165) is 103 Å². The molecule has 0 aromatic heterocycles. The minimum absolute atomic E-state index is 0.00713. The second-order valence-electron chi connectivity index (χ2n) is 28.3. The molecule has 4 aromatic rings. The molecular weight excluding hydrogens is 1200 g/mol. The van der Waals surface area contributed by atoms with Gasteiger partial charge < -0.3 is 78.0 Å². The zero-order chi connectivity index (χ0) is 65.0. The summed E-state index contributed by atoms with van der Waals surface area (Å²) in [6, 6.07) is 16.2. The van der Waals surface area contributed by atoms with E-state index in [9.17, 15) is 29.7 Å². The average molecular weight is 1280 g/mol. The Morgan fingerprint density at radius 3 is 1.56 bits per heavy atom. The van der Waals surface area contributed by atoms with Crippen LogP contribution in [0.3, 0.4) is 0 Å². The summed E-state index contributed by atoms with van der Waals surface area (Å²) < 4.78 is 52.5. The number of ether oxygens (including phenoxy) is 9. The summed E-state index contributed by atoms with van der Waals surface area (Å²) in [5.74, 6) is 6.64. The number of hydrogen-bond donors (Lipinski definition) is 4. The number of methoxy groups -OCH3 is 5. The Labute approximate surface area is 546 Å². The third-order valence-corrected chi connectivity index (χ3v) is 25.5. The number of aliphatic hydroxyl groups is 3. The predicted molar refractivity (Wildman–Crippen MR) is 344 cm³/mol. The molecule has 19 heteroatoms. The van der Waals surface area contributed by atoms with Gasteiger partial charge >= 0.3 is 0 Å². The van der Waals surface area contributed by atoms with Gasteiger partial charge in [0.15, 0.2) is 87.8 Å². The fraction of sp³-hybridized carbons (Fsp3) is 0.480. The number of carbonyl (C=O) groups is 3. The van der Waals surface area contributed by atoms with Crippen LogP contribution in [0.25, 0.3) is 0 Å². The summed E-state index contributed by atoms with van der Waals surface area (Å²) in [6.45, 7) is 15.2. The van der Waals surface area contributed by atoms with Gasteiger partial charge in [0.2, 0.25) is 0 Å². The second kappa shape index (κ2) is 20.4. The zero-order valence-corrected chi connectivity index (χ0v) is 53.8. The van der Waals surface area contributed by atoms with E-state index in [1.807, 2.05) is 42.7 Å². The number of Topliss-reactive ketones (excluding diaryl/α,β-unsaturated/α-hetero) is 2. The normalized spacial score (nSPS) is 37.1. The number of benzene rings is 4. The van der Waals surface area contributed by atoms with Crippen LogP contribution in [-0.2, 0) is 66.5 Å². The minimum Gasteiger partial charge on any atom is -0.497 e. The summed E-state index contributed by atoms with van der Waals surface area (Å²) in [4.78, 5) is 44.5. The van der Waals surface area contributed by atoms with Crippen molar-refractivity contribution in [1.29, 1.82) is 0 Å². The standard InChI is InChI=1S/C20H21NO3.C19H21NO4.C19H19NO4.C17H19NO4/c1-4-21-10-9-20-13-6-8-16(23-3)19(20)24-18-15(22-2)7-5-12(17(18)20)11-14(13)21;2*1-3-20-9-8-18-15-11-4-5-13(23-2)16(15)24-17(18)12(21)6-7-19(18,22)14(20)10-11;1-21-11-3-2-9-8-12-17(20)5-4-10(19)15-16(17,6-7-18-12)13(9)14(11)22-15/h4-8,14,19H,1,9-11H2,2-3H3;3-5,14,17,22H,1,6-10H2,2H3;3-7,14,17,22H,1,8-10H2,2H3;2-3,12,15,18,20H,4-8H2,1H3. The van der Waals surface area contributed by atoms with Gasteiger partial charge in [0.1, 0.15) is 11.4 Å². The van der Waals surface area contributed by atoms with Gasteiger partial charge in [-0.1, -0.05) is 50.1 Å². The lowest BCUT2D eigenvalue weighted by Gasteiger charge is -2.62. The van der Waals surface area contributed by atoms with Gasteiger partial charge in [-0.05, 0) is 160 Å². The van der Waals surface area contributed by atoms with Gasteiger partial charge in [-0.15, -0.1) is 0 Å². The Balaban J connectivity index is 0.0000000954. The highest BCUT2D eigenvalue weighted by atomic mass is 16.6. The fourth-order valence-corrected chi connectivity index (χ4v) is 21.6. The molecule has 15 unspecified atom stereocenters. The first-order valence-corrected chi connectivity index (χ1v) is 33.3. The predicted octanol–water partition coefficient (Wildman–Crippen LogP) is 6.54. The van der Waals surface area contributed by atoms with Crippen molar-refractivity contribution in [3.63, 3.8) is 0 Å². The van der Waals surface area contributed by atoms with E-state index in [0.29, 0.717) is 85.5 Å². The first kappa shape index (κ1) is 59.5. The smallest absolute Gasteiger partial charge is 0.196 e. The Kier molecular flexibility index (Phi) is 12.9. The highest BCUT2D eigenvalue weighted by molar-refractivity contribution is 5.99. The summed E-state index contributed by atoms with van der Waals surface area (Å²) in [5, 5.41) is 38.6. The van der Waals surface area contributed by atoms with Crippen LogP contribution in [-0.4, -0.2) is 174 Å². The maximum atomic E-state index is 12.7. The van der Waals surface area contributed by atoms with E-state index in [-0.39, 0.29) is 47.0 Å². The van der Waals surface area contributed by atoms with Crippen LogP contribution in [0.4, 0.5) is 0 Å². The van der Waals surface area contributed by atoms with E-state index in [2.05, 4.69) is 70.1 Å². The van der Waals surface area contributed by atoms with Crippen molar-refractivity contribution in [3.05, 3.63) is 167 Å². The van der Waals surface area contributed by atoms with Crippen LogP contribution < -0.4 is 43.2 Å². The number of likely N-dealkylation sites (tertiary alicyclic amines) is 3. The maximum absolute atomic E-state index is 12.7. The zero-order valence-electron chi connectivity index (χ0n) is 53.8. The first-order chi connectivity index (χ1) is 45.5. The SMILES string of the molecule is C=CN1CCC23C4=CC=C(OC)C2Oc2c(OC)ccc(c23)CC41.C=CN1CCC23c4c5ccc(OC)c4OC2C(=O)C=CC3(O)C1C5.C=CN1CCC23c4c5ccc(OC)c4OC2C(=O)CCC3(O)C1C5.COc1ccc2c3c1OC1C(=O)CCC4(O)C(C2)NCCC314. The van der Waals surface area contributed by atoms with Crippen LogP contribution in [0.1, 0.15) is 95.9 Å². The highest BCUT2D eigenvalue weighted by Crippen LogP contribution is 2.69. The second-order valence-corrected chi connectivity index (χ2v) is 28.3. The molecule has 2 saturated carbocycles. The minimum atomic E-state index is -1.15. The lowest BCUT2D eigenvalue weighted by molar-refractivity contribution is -0.182. The molecule has 490 valence electrons. The van der Waals surface area contributed by atoms with Gasteiger partial charge in [-0.25, -0.2) is 0 Å². The number of ketones is 3. The van der Waals surface area contributed by atoms with Crippen LogP contribution in [0.5, 0.6) is 46.0 Å². The number of allylic oxidation sites excluding steroid dienone is 2. The van der Waals surface area contributed by atoms with Gasteiger partial charge in [0.25, 0.3) is 0 Å². The van der Waals surface area contributed by atoms with Crippen molar-refractivity contribution in [2.24, 2.45) is 0 Å². The van der Waals surface area contributed by atoms with Crippen molar-refractivity contribution in [3.8, 4) is 46.0 Å². The average Bonchev–Trinajstić information content (AvgIpc) is 1.46. The van der Waals surface area contributed by atoms with Crippen LogP contribution in [0.2, 0.25) is 0 Å². The maximum Gasteiger partial charge on any atom is 0.196 e. The molecule has 94 heavy (non-hydrogen) atoms. The topological polar surface area (TPSA) is 217 Å². The summed E-state index contributed by atoms with van der Waals surface area (Å²) in [6.07, 6.45) is 19.1. The third kappa shape index (κ3) is 6.98. The highest BCUT2D eigenvalue weighted by Gasteiger charge is 2.76. The van der Waals surface area contributed by atoms with Crippen molar-refractivity contribution in [1.82, 2.24) is 20.0 Å². The largest absolute Gasteiger partial charge is 0.497 e. The number of piperidine rings is 4.